The van der Waals surface area contributed by atoms with Crippen molar-refractivity contribution < 1.29 is 25.2 Å². The number of rotatable bonds is 71. The zero-order valence-electron chi connectivity index (χ0n) is 55.8. The first kappa shape index (κ1) is 80.8. The van der Waals surface area contributed by atoms with Crippen LogP contribution in [0.15, 0.2) is 24.3 Å². The van der Waals surface area contributed by atoms with Crippen molar-refractivity contribution >= 4 is 5.91 Å². The topological polar surface area (TPSA) is 110 Å². The molecule has 6 nitrogen and oxygen atoms in total. The van der Waals surface area contributed by atoms with Crippen molar-refractivity contribution in [1.82, 2.24) is 5.32 Å². The van der Waals surface area contributed by atoms with E-state index in [0.717, 1.165) is 44.9 Å². The van der Waals surface area contributed by atoms with Crippen LogP contribution in [0.2, 0.25) is 0 Å². The monoisotopic (exact) mass is 1160 g/mol. The maximum atomic E-state index is 12.7. The smallest absolute Gasteiger partial charge is 0.249 e. The van der Waals surface area contributed by atoms with Crippen LogP contribution < -0.4 is 5.32 Å². The summed E-state index contributed by atoms with van der Waals surface area (Å²) in [5.74, 6) is -0.576. The van der Waals surface area contributed by atoms with Gasteiger partial charge in [-0.2, -0.15) is 0 Å². The Kier molecular flexibility index (Phi) is 69.5. The van der Waals surface area contributed by atoms with Crippen molar-refractivity contribution in [2.24, 2.45) is 0 Å². The highest BCUT2D eigenvalue weighted by Gasteiger charge is 2.29. The molecule has 488 valence electrons. The molecular formula is C76H149NO5. The minimum Gasteiger partial charge on any atom is -0.394 e. The number of aliphatic hydroxyl groups is 4. The molecule has 0 bridgehead atoms. The molecule has 0 saturated heterocycles. The van der Waals surface area contributed by atoms with Crippen molar-refractivity contribution in [3.05, 3.63) is 24.3 Å². The molecule has 0 saturated carbocycles. The highest BCUT2D eigenvalue weighted by molar-refractivity contribution is 5.80. The van der Waals surface area contributed by atoms with Gasteiger partial charge < -0.3 is 25.7 Å². The van der Waals surface area contributed by atoms with E-state index in [4.69, 9.17) is 0 Å². The van der Waals surface area contributed by atoms with Gasteiger partial charge in [0.2, 0.25) is 5.91 Å². The van der Waals surface area contributed by atoms with E-state index in [1.54, 1.807) is 0 Å². The standard InChI is InChI=1S/C76H149NO5/c1-3-5-7-9-11-13-15-17-19-21-23-25-27-29-31-33-34-35-36-37-38-39-40-41-42-44-46-48-50-52-54-56-58-60-62-64-66-68-70-74(80)76(82)77-72(71-78)75(81)73(79)69-67-65-63-61-59-57-55-53-51-49-47-45-43-32-30-28-26-24-22-20-18-16-14-12-10-8-6-4-2/h34-35,37-38,72-75,78-81H,3-33,36,39-71H2,1-2H3,(H,77,82)/b35-34-,38-37-. The SMILES string of the molecule is CCCCCCCCCCCCCCCCC/C=C\C/C=C\CCCCCCCCCCCCCCCCCCC(O)C(=O)NC(CO)C(O)C(O)CCCCCCCCCCCCCCCCCCCCCCCCCCCCCC. The summed E-state index contributed by atoms with van der Waals surface area (Å²) in [5, 5.41) is 44.3. The zero-order chi connectivity index (χ0) is 59.4. The second-order valence-electron chi connectivity index (χ2n) is 26.4. The maximum Gasteiger partial charge on any atom is 0.249 e. The molecule has 0 aromatic carbocycles. The second kappa shape index (κ2) is 70.6. The van der Waals surface area contributed by atoms with Crippen LogP contribution in [-0.2, 0) is 4.79 Å². The van der Waals surface area contributed by atoms with E-state index >= 15 is 0 Å². The van der Waals surface area contributed by atoms with Crippen LogP contribution in [-0.4, -0.2) is 57.3 Å². The number of amides is 1. The Hall–Kier alpha value is -1.21. The van der Waals surface area contributed by atoms with E-state index in [0.29, 0.717) is 12.8 Å². The molecule has 0 aliphatic heterocycles. The van der Waals surface area contributed by atoms with E-state index < -0.39 is 36.9 Å². The van der Waals surface area contributed by atoms with Gasteiger partial charge in [-0.1, -0.05) is 404 Å². The average molecular weight is 1160 g/mol. The van der Waals surface area contributed by atoms with Crippen molar-refractivity contribution in [3.63, 3.8) is 0 Å². The number of hydrogen-bond acceptors (Lipinski definition) is 5. The van der Waals surface area contributed by atoms with Crippen LogP contribution in [0, 0.1) is 0 Å². The zero-order valence-corrected chi connectivity index (χ0v) is 55.8. The second-order valence-corrected chi connectivity index (χ2v) is 26.4. The highest BCUT2D eigenvalue weighted by Crippen LogP contribution is 2.20. The molecule has 0 radical (unpaired) electrons. The minimum atomic E-state index is -1.26. The van der Waals surface area contributed by atoms with Gasteiger partial charge in [0.05, 0.1) is 18.8 Å². The number of carbonyl (C=O) groups excluding carboxylic acids is 1. The maximum absolute atomic E-state index is 12.7. The highest BCUT2D eigenvalue weighted by atomic mass is 16.3. The molecule has 0 fully saturated rings. The van der Waals surface area contributed by atoms with Crippen LogP contribution in [0.5, 0.6) is 0 Å². The molecule has 0 rings (SSSR count). The average Bonchev–Trinajstić information content (AvgIpc) is 3.48. The van der Waals surface area contributed by atoms with Crippen molar-refractivity contribution in [3.8, 4) is 0 Å². The number of nitrogens with one attached hydrogen (secondary N) is 1. The number of hydrogen-bond donors (Lipinski definition) is 5. The lowest BCUT2D eigenvalue weighted by Crippen LogP contribution is -2.53. The molecule has 1 amide bonds. The summed E-state index contributed by atoms with van der Waals surface area (Å²) >= 11 is 0. The summed E-state index contributed by atoms with van der Waals surface area (Å²) in [7, 11) is 0. The van der Waals surface area contributed by atoms with Crippen molar-refractivity contribution in [2.45, 2.75) is 449 Å². The molecule has 82 heavy (non-hydrogen) atoms. The molecule has 0 heterocycles. The Morgan fingerprint density at radius 3 is 0.768 bits per heavy atom. The molecular weight excluding hydrogens is 1010 g/mol. The van der Waals surface area contributed by atoms with E-state index in [1.807, 2.05) is 0 Å². The fraction of sp³-hybridized carbons (Fsp3) is 0.934. The lowest BCUT2D eigenvalue weighted by molar-refractivity contribution is -0.132. The van der Waals surface area contributed by atoms with Crippen molar-refractivity contribution in [2.75, 3.05) is 6.61 Å². The number of aliphatic hydroxyl groups excluding tert-OH is 4. The van der Waals surface area contributed by atoms with E-state index in [9.17, 15) is 25.2 Å². The molecule has 0 aromatic rings. The first-order chi connectivity index (χ1) is 40.5. The summed E-state index contributed by atoms with van der Waals surface area (Å²) in [6.07, 6.45) is 90.4. The predicted molar refractivity (Wildman–Crippen MR) is 362 cm³/mol. The van der Waals surface area contributed by atoms with Gasteiger partial charge in [-0.15, -0.1) is 0 Å². The third-order valence-corrected chi connectivity index (χ3v) is 18.2. The largest absolute Gasteiger partial charge is 0.394 e. The summed E-state index contributed by atoms with van der Waals surface area (Å²) < 4.78 is 0. The number of unbranched alkanes of at least 4 members (excludes halogenated alkanes) is 58. The molecule has 0 aliphatic carbocycles. The van der Waals surface area contributed by atoms with Crippen molar-refractivity contribution in [1.29, 1.82) is 0 Å². The summed E-state index contributed by atoms with van der Waals surface area (Å²) in [4.78, 5) is 12.7. The lowest BCUT2D eigenvalue weighted by Gasteiger charge is -2.27. The molecule has 4 atom stereocenters. The molecule has 6 heteroatoms. The van der Waals surface area contributed by atoms with Crippen LogP contribution in [0.3, 0.4) is 0 Å². The fourth-order valence-corrected chi connectivity index (χ4v) is 12.3. The molecule has 0 spiro atoms. The van der Waals surface area contributed by atoms with E-state index in [2.05, 4.69) is 43.5 Å². The van der Waals surface area contributed by atoms with Crippen LogP contribution in [0.1, 0.15) is 425 Å². The van der Waals surface area contributed by atoms with E-state index in [-0.39, 0.29) is 0 Å². The third kappa shape index (κ3) is 63.3. The van der Waals surface area contributed by atoms with Gasteiger partial charge in [0, 0.05) is 0 Å². The number of allylic oxidation sites excluding steroid dienone is 4. The van der Waals surface area contributed by atoms with E-state index in [1.165, 1.54) is 353 Å². The molecule has 4 unspecified atom stereocenters. The Morgan fingerprint density at radius 1 is 0.305 bits per heavy atom. The normalized spacial score (nSPS) is 13.5. The first-order valence-electron chi connectivity index (χ1n) is 37.7. The summed E-state index contributed by atoms with van der Waals surface area (Å²) in [5.41, 5.74) is 0. The molecule has 0 aromatic heterocycles. The van der Waals surface area contributed by atoms with Crippen LogP contribution in [0.4, 0.5) is 0 Å². The van der Waals surface area contributed by atoms with Gasteiger partial charge in [-0.25, -0.2) is 0 Å². The third-order valence-electron chi connectivity index (χ3n) is 18.2. The van der Waals surface area contributed by atoms with Gasteiger partial charge in [0.1, 0.15) is 12.2 Å². The lowest BCUT2D eigenvalue weighted by atomic mass is 9.99. The van der Waals surface area contributed by atoms with Gasteiger partial charge in [-0.05, 0) is 44.9 Å². The van der Waals surface area contributed by atoms with Crippen LogP contribution >= 0.6 is 0 Å². The Labute approximate surface area is 514 Å². The van der Waals surface area contributed by atoms with Gasteiger partial charge in [0.25, 0.3) is 0 Å². The fourth-order valence-electron chi connectivity index (χ4n) is 12.3. The molecule has 5 N–H and O–H groups in total. The van der Waals surface area contributed by atoms with Crippen LogP contribution in [0.25, 0.3) is 0 Å². The molecule has 0 aliphatic rings. The van der Waals surface area contributed by atoms with Gasteiger partial charge >= 0.3 is 0 Å². The van der Waals surface area contributed by atoms with Gasteiger partial charge in [0.15, 0.2) is 0 Å². The summed E-state index contributed by atoms with van der Waals surface area (Å²) in [6.45, 7) is 4.12. The quantitative estimate of drug-likeness (QED) is 0.0308. The Morgan fingerprint density at radius 2 is 0.524 bits per heavy atom. The summed E-state index contributed by atoms with van der Waals surface area (Å²) in [6, 6.07) is -0.986. The Balaban J connectivity index is 3.51. The van der Waals surface area contributed by atoms with Gasteiger partial charge in [-0.3, -0.25) is 4.79 Å². The number of carbonyl (C=O) groups is 1. The minimum absolute atomic E-state index is 0.372. The Bertz CT molecular complexity index is 1260. The first-order valence-corrected chi connectivity index (χ1v) is 37.7. The predicted octanol–water partition coefficient (Wildman–Crippen LogP) is 23.7.